The molecular formula is C17H23ClN2O3. The van der Waals surface area contributed by atoms with Gasteiger partial charge in [-0.15, -0.1) is 0 Å². The van der Waals surface area contributed by atoms with E-state index in [4.69, 9.17) is 21.1 Å². The summed E-state index contributed by atoms with van der Waals surface area (Å²) in [6.07, 6.45) is 1.59. The quantitative estimate of drug-likeness (QED) is 0.914. The number of nitrogens with one attached hydrogen (secondary N) is 1. The van der Waals surface area contributed by atoms with E-state index >= 15 is 0 Å². The van der Waals surface area contributed by atoms with Gasteiger partial charge < -0.3 is 19.7 Å². The SMILES string of the molecule is CNC(=O)C1CCN(C[C@@H]2CO[C@@H](c3ccc(Cl)cc3)O2)CC1. The summed E-state index contributed by atoms with van der Waals surface area (Å²) in [6, 6.07) is 7.56. The molecule has 2 aliphatic rings. The topological polar surface area (TPSA) is 50.8 Å². The van der Waals surface area contributed by atoms with Crippen molar-refractivity contribution in [2.75, 3.05) is 33.3 Å². The van der Waals surface area contributed by atoms with Crippen LogP contribution in [-0.2, 0) is 14.3 Å². The van der Waals surface area contributed by atoms with Gasteiger partial charge in [-0.05, 0) is 38.1 Å². The van der Waals surface area contributed by atoms with Gasteiger partial charge in [-0.1, -0.05) is 23.7 Å². The standard InChI is InChI=1S/C17H23ClN2O3/c1-19-16(21)12-6-8-20(9-7-12)10-15-11-22-17(23-15)13-2-4-14(18)5-3-13/h2-5,12,15,17H,6-11H2,1H3,(H,19,21)/t15-,17-/m1/s1. The average molecular weight is 339 g/mol. The van der Waals surface area contributed by atoms with Gasteiger partial charge in [-0.2, -0.15) is 0 Å². The highest BCUT2D eigenvalue weighted by molar-refractivity contribution is 6.30. The van der Waals surface area contributed by atoms with E-state index in [1.165, 1.54) is 0 Å². The molecule has 2 atom stereocenters. The Labute approximate surface area is 141 Å². The Morgan fingerprint density at radius 3 is 2.65 bits per heavy atom. The number of likely N-dealkylation sites (tertiary alicyclic amines) is 1. The Morgan fingerprint density at radius 1 is 1.30 bits per heavy atom. The molecule has 0 bridgehead atoms. The Balaban J connectivity index is 1.45. The van der Waals surface area contributed by atoms with Crippen LogP contribution in [0.25, 0.3) is 0 Å². The van der Waals surface area contributed by atoms with Crippen LogP contribution in [0.4, 0.5) is 0 Å². The molecule has 0 aromatic heterocycles. The van der Waals surface area contributed by atoms with E-state index in [0.29, 0.717) is 11.6 Å². The van der Waals surface area contributed by atoms with Crippen LogP contribution in [0.2, 0.25) is 5.02 Å². The minimum absolute atomic E-state index is 0.0761. The minimum Gasteiger partial charge on any atom is -0.359 e. The molecule has 2 saturated heterocycles. The van der Waals surface area contributed by atoms with Gasteiger partial charge in [0, 0.05) is 30.1 Å². The number of hydrogen-bond donors (Lipinski definition) is 1. The van der Waals surface area contributed by atoms with Gasteiger partial charge in [0.15, 0.2) is 6.29 Å². The van der Waals surface area contributed by atoms with Crippen LogP contribution in [0, 0.1) is 5.92 Å². The van der Waals surface area contributed by atoms with E-state index in [2.05, 4.69) is 10.2 Å². The molecule has 23 heavy (non-hydrogen) atoms. The first-order valence-electron chi connectivity index (χ1n) is 8.12. The van der Waals surface area contributed by atoms with E-state index in [1.807, 2.05) is 24.3 Å². The van der Waals surface area contributed by atoms with E-state index in [9.17, 15) is 4.79 Å². The molecule has 1 aromatic rings. The highest BCUT2D eigenvalue weighted by Gasteiger charge is 2.31. The molecule has 1 N–H and O–H groups in total. The normalized spacial score (nSPS) is 26.3. The monoisotopic (exact) mass is 338 g/mol. The Bertz CT molecular complexity index is 529. The summed E-state index contributed by atoms with van der Waals surface area (Å²) in [5.74, 6) is 0.312. The number of halogens is 1. The molecule has 2 heterocycles. The molecule has 0 saturated carbocycles. The van der Waals surface area contributed by atoms with Crippen LogP contribution in [0.1, 0.15) is 24.7 Å². The third-order valence-corrected chi connectivity index (χ3v) is 4.81. The lowest BCUT2D eigenvalue weighted by Crippen LogP contribution is -2.42. The third-order valence-electron chi connectivity index (χ3n) is 4.56. The number of amides is 1. The van der Waals surface area contributed by atoms with Crippen molar-refractivity contribution < 1.29 is 14.3 Å². The number of carbonyl (C=O) groups is 1. The number of ether oxygens (including phenoxy) is 2. The zero-order valence-corrected chi connectivity index (χ0v) is 14.1. The first-order chi connectivity index (χ1) is 11.2. The zero-order chi connectivity index (χ0) is 16.2. The number of rotatable bonds is 4. The first-order valence-corrected chi connectivity index (χ1v) is 8.50. The molecule has 5 nitrogen and oxygen atoms in total. The molecule has 0 spiro atoms. The van der Waals surface area contributed by atoms with Crippen molar-refractivity contribution in [2.24, 2.45) is 5.92 Å². The van der Waals surface area contributed by atoms with Gasteiger partial charge in [-0.25, -0.2) is 0 Å². The maximum atomic E-state index is 11.7. The predicted molar refractivity (Wildman–Crippen MR) is 88.2 cm³/mol. The lowest BCUT2D eigenvalue weighted by Gasteiger charge is -2.32. The van der Waals surface area contributed by atoms with Crippen molar-refractivity contribution in [2.45, 2.75) is 25.2 Å². The smallest absolute Gasteiger partial charge is 0.222 e. The summed E-state index contributed by atoms with van der Waals surface area (Å²) in [6.45, 7) is 3.32. The van der Waals surface area contributed by atoms with Crippen LogP contribution >= 0.6 is 11.6 Å². The number of carbonyl (C=O) groups excluding carboxylic acids is 1. The van der Waals surface area contributed by atoms with Crippen molar-refractivity contribution in [3.63, 3.8) is 0 Å². The van der Waals surface area contributed by atoms with Crippen molar-refractivity contribution >= 4 is 17.5 Å². The molecule has 1 aromatic carbocycles. The van der Waals surface area contributed by atoms with Crippen molar-refractivity contribution in [1.29, 1.82) is 0 Å². The van der Waals surface area contributed by atoms with E-state index < -0.39 is 0 Å². The van der Waals surface area contributed by atoms with Gasteiger partial charge in [-0.3, -0.25) is 4.79 Å². The molecule has 1 amide bonds. The van der Waals surface area contributed by atoms with Gasteiger partial charge in [0.1, 0.15) is 0 Å². The zero-order valence-electron chi connectivity index (χ0n) is 13.3. The van der Waals surface area contributed by atoms with Crippen LogP contribution in [-0.4, -0.2) is 50.2 Å². The highest BCUT2D eigenvalue weighted by Crippen LogP contribution is 2.28. The maximum absolute atomic E-state index is 11.7. The van der Waals surface area contributed by atoms with Gasteiger partial charge in [0.05, 0.1) is 12.7 Å². The summed E-state index contributed by atoms with van der Waals surface area (Å²) < 4.78 is 11.8. The highest BCUT2D eigenvalue weighted by atomic mass is 35.5. The van der Waals surface area contributed by atoms with Gasteiger partial charge in [0.25, 0.3) is 0 Å². The Morgan fingerprint density at radius 2 is 2.00 bits per heavy atom. The van der Waals surface area contributed by atoms with Crippen LogP contribution in [0.3, 0.4) is 0 Å². The summed E-state index contributed by atoms with van der Waals surface area (Å²) in [5, 5.41) is 3.45. The Hall–Kier alpha value is -1.14. The largest absolute Gasteiger partial charge is 0.359 e. The second-order valence-corrected chi connectivity index (χ2v) is 6.60. The summed E-state index contributed by atoms with van der Waals surface area (Å²) in [5.41, 5.74) is 0.996. The van der Waals surface area contributed by atoms with Crippen LogP contribution in [0.5, 0.6) is 0 Å². The number of hydrogen-bond acceptors (Lipinski definition) is 4. The molecule has 3 rings (SSSR count). The molecule has 0 aliphatic carbocycles. The summed E-state index contributed by atoms with van der Waals surface area (Å²) in [4.78, 5) is 14.0. The van der Waals surface area contributed by atoms with Crippen LogP contribution in [0.15, 0.2) is 24.3 Å². The molecular weight excluding hydrogens is 316 g/mol. The van der Waals surface area contributed by atoms with Gasteiger partial charge >= 0.3 is 0 Å². The fourth-order valence-electron chi connectivity index (χ4n) is 3.21. The fraction of sp³-hybridized carbons (Fsp3) is 0.588. The molecule has 126 valence electrons. The maximum Gasteiger partial charge on any atom is 0.222 e. The number of piperidine rings is 1. The van der Waals surface area contributed by atoms with Gasteiger partial charge in [0.2, 0.25) is 5.91 Å². The minimum atomic E-state index is -0.305. The average Bonchev–Trinajstić information content (AvgIpc) is 3.04. The second kappa shape index (κ2) is 7.62. The fourth-order valence-corrected chi connectivity index (χ4v) is 3.33. The molecule has 0 unspecified atom stereocenters. The first kappa shape index (κ1) is 16.7. The van der Waals surface area contributed by atoms with Crippen molar-refractivity contribution in [1.82, 2.24) is 10.2 Å². The predicted octanol–water partition coefficient (Wildman–Crippen LogP) is 2.21. The molecule has 6 heteroatoms. The van der Waals surface area contributed by atoms with Crippen molar-refractivity contribution in [3.8, 4) is 0 Å². The lowest BCUT2D eigenvalue weighted by molar-refractivity contribution is -0.126. The number of nitrogens with zero attached hydrogens (tertiary/aromatic N) is 1. The lowest BCUT2D eigenvalue weighted by atomic mass is 9.96. The second-order valence-electron chi connectivity index (χ2n) is 6.16. The third kappa shape index (κ3) is 4.23. The molecule has 2 fully saturated rings. The van der Waals surface area contributed by atoms with E-state index in [1.54, 1.807) is 7.05 Å². The van der Waals surface area contributed by atoms with E-state index in [-0.39, 0.29) is 24.2 Å². The summed E-state index contributed by atoms with van der Waals surface area (Å²) in [7, 11) is 1.70. The Kier molecular flexibility index (Phi) is 5.54. The number of benzene rings is 1. The molecule has 0 radical (unpaired) electrons. The van der Waals surface area contributed by atoms with E-state index in [0.717, 1.165) is 38.0 Å². The van der Waals surface area contributed by atoms with Crippen molar-refractivity contribution in [3.05, 3.63) is 34.9 Å². The molecule has 2 aliphatic heterocycles. The summed E-state index contributed by atoms with van der Waals surface area (Å²) >= 11 is 5.90. The van der Waals surface area contributed by atoms with Crippen LogP contribution < -0.4 is 5.32 Å².